The fourth-order valence-electron chi connectivity index (χ4n) is 5.69. The van der Waals surface area contributed by atoms with Gasteiger partial charge in [-0.3, -0.25) is 4.79 Å². The van der Waals surface area contributed by atoms with Gasteiger partial charge in [-0.2, -0.15) is 0 Å². The van der Waals surface area contributed by atoms with Crippen LogP contribution in [-0.2, 0) is 26.5 Å². The number of alkyl halides is 2. The SMILES string of the molecule is CS(=O)(=O)c1c(Oc2ccc(F)c(-c3nc(C4(c5cccc(CCC(=O)O)c5)CC(F)(F)C4)cs3)c2)c(F)cc2[nH]ccc12. The Bertz CT molecular complexity index is 2030. The lowest BCUT2D eigenvalue weighted by Crippen LogP contribution is -2.50. The molecule has 5 aromatic rings. The third kappa shape index (κ3) is 5.45. The van der Waals surface area contributed by atoms with Crippen molar-refractivity contribution in [2.75, 3.05) is 6.26 Å². The van der Waals surface area contributed by atoms with Gasteiger partial charge >= 0.3 is 5.97 Å². The smallest absolute Gasteiger partial charge is 0.303 e. The highest BCUT2D eigenvalue weighted by Gasteiger charge is 2.59. The largest absolute Gasteiger partial charge is 0.481 e. The monoisotopic (exact) mass is 644 g/mol. The molecule has 0 aliphatic heterocycles. The number of nitrogens with one attached hydrogen (secondary N) is 1. The Balaban J connectivity index is 1.37. The van der Waals surface area contributed by atoms with Crippen LogP contribution in [0.4, 0.5) is 17.6 Å². The predicted molar refractivity (Wildman–Crippen MR) is 156 cm³/mol. The standard InChI is InChI=1S/C31H24F4N2O5S2/c1-44(40,41)28-20-9-10-36-24(20)13-23(33)27(28)42-19-6-7-22(32)21(12-19)29-37-25(14-43-29)30(15-31(34,35)16-30)18-4-2-3-17(11-18)5-8-26(38)39/h2-4,6-7,9-14,36H,5,8,15-16H2,1H3,(H,38,39). The summed E-state index contributed by atoms with van der Waals surface area (Å²) in [6.45, 7) is 0. The zero-order chi connectivity index (χ0) is 31.4. The van der Waals surface area contributed by atoms with Crippen LogP contribution in [0.15, 0.2) is 71.1 Å². The number of halogens is 4. The molecule has 44 heavy (non-hydrogen) atoms. The van der Waals surface area contributed by atoms with E-state index in [2.05, 4.69) is 9.97 Å². The first kappa shape index (κ1) is 29.8. The Kier molecular flexibility index (Phi) is 7.28. The number of hydrogen-bond donors (Lipinski definition) is 2. The van der Waals surface area contributed by atoms with Crippen LogP contribution in [0, 0.1) is 11.6 Å². The number of aromatic amines is 1. The van der Waals surface area contributed by atoms with Crippen molar-refractivity contribution < 1.29 is 40.6 Å². The number of carbonyl (C=O) groups is 1. The summed E-state index contributed by atoms with van der Waals surface area (Å²) in [4.78, 5) is 18.0. The minimum atomic E-state index is -3.96. The topological polar surface area (TPSA) is 109 Å². The quantitative estimate of drug-likeness (QED) is 0.161. The Hall–Kier alpha value is -4.23. The number of carboxylic acids is 1. The molecule has 0 unspecified atom stereocenters. The summed E-state index contributed by atoms with van der Waals surface area (Å²) in [5, 5.41) is 11.0. The van der Waals surface area contributed by atoms with Crippen LogP contribution in [-0.4, -0.2) is 41.6 Å². The number of ether oxygens (including phenoxy) is 1. The van der Waals surface area contributed by atoms with E-state index in [-0.39, 0.29) is 45.0 Å². The first-order valence-corrected chi connectivity index (χ1v) is 16.2. The lowest BCUT2D eigenvalue weighted by atomic mass is 9.60. The second kappa shape index (κ2) is 10.7. The van der Waals surface area contributed by atoms with Crippen molar-refractivity contribution in [1.82, 2.24) is 9.97 Å². The summed E-state index contributed by atoms with van der Waals surface area (Å²) in [6.07, 6.45) is 1.47. The van der Waals surface area contributed by atoms with E-state index >= 15 is 8.78 Å². The number of nitrogens with zero attached hydrogens (tertiary/aromatic N) is 1. The van der Waals surface area contributed by atoms with Crippen LogP contribution in [0.1, 0.15) is 36.1 Å². The maximum atomic E-state index is 15.1. The molecule has 2 aromatic heterocycles. The molecule has 0 saturated heterocycles. The van der Waals surface area contributed by atoms with E-state index in [1.165, 1.54) is 24.4 Å². The number of H-pyrrole nitrogens is 1. The second-order valence-electron chi connectivity index (χ2n) is 10.9. The van der Waals surface area contributed by atoms with Crippen molar-refractivity contribution in [2.45, 2.75) is 41.9 Å². The van der Waals surface area contributed by atoms with Crippen molar-refractivity contribution in [2.24, 2.45) is 0 Å². The summed E-state index contributed by atoms with van der Waals surface area (Å²) in [5.41, 5.74) is 0.607. The highest BCUT2D eigenvalue weighted by Crippen LogP contribution is 2.57. The van der Waals surface area contributed by atoms with Crippen LogP contribution in [0.5, 0.6) is 11.5 Å². The number of aryl methyl sites for hydroxylation is 1. The van der Waals surface area contributed by atoms with Gasteiger partial charge in [0, 0.05) is 65.0 Å². The van der Waals surface area contributed by atoms with Crippen molar-refractivity contribution in [3.8, 4) is 22.1 Å². The van der Waals surface area contributed by atoms with E-state index in [9.17, 15) is 22.0 Å². The third-order valence-electron chi connectivity index (χ3n) is 7.70. The summed E-state index contributed by atoms with van der Waals surface area (Å²) < 4.78 is 90.0. The molecule has 228 valence electrons. The molecule has 2 N–H and O–H groups in total. The number of carboxylic acid groups (broad SMARTS) is 1. The first-order chi connectivity index (χ1) is 20.8. The van der Waals surface area contributed by atoms with Crippen LogP contribution >= 0.6 is 11.3 Å². The molecule has 1 saturated carbocycles. The van der Waals surface area contributed by atoms with E-state index in [0.717, 1.165) is 29.7 Å². The molecule has 1 aliphatic carbocycles. The average Bonchev–Trinajstić information content (AvgIpc) is 3.61. The van der Waals surface area contributed by atoms with Gasteiger partial charge < -0.3 is 14.8 Å². The normalized spacial score (nSPS) is 15.7. The number of fused-ring (bicyclic) bond motifs is 1. The Morgan fingerprint density at radius 1 is 1.09 bits per heavy atom. The highest BCUT2D eigenvalue weighted by molar-refractivity contribution is 7.91. The fraction of sp³-hybridized carbons (Fsp3) is 0.226. The van der Waals surface area contributed by atoms with E-state index in [0.29, 0.717) is 16.8 Å². The van der Waals surface area contributed by atoms with Crippen molar-refractivity contribution in [3.63, 3.8) is 0 Å². The number of rotatable bonds is 9. The molecule has 1 aliphatic rings. The van der Waals surface area contributed by atoms with Crippen molar-refractivity contribution in [1.29, 1.82) is 0 Å². The molecule has 0 atom stereocenters. The molecular weight excluding hydrogens is 620 g/mol. The van der Waals surface area contributed by atoms with Crippen LogP contribution in [0.25, 0.3) is 21.5 Å². The third-order valence-corrected chi connectivity index (χ3v) is 9.72. The number of aromatic nitrogens is 2. The minimum absolute atomic E-state index is 0.0424. The maximum Gasteiger partial charge on any atom is 0.303 e. The summed E-state index contributed by atoms with van der Waals surface area (Å²) in [7, 11) is -3.96. The Labute approximate surface area is 253 Å². The maximum absolute atomic E-state index is 15.1. The zero-order valence-corrected chi connectivity index (χ0v) is 24.7. The zero-order valence-electron chi connectivity index (χ0n) is 23.0. The van der Waals surface area contributed by atoms with Gasteiger partial charge in [-0.15, -0.1) is 11.3 Å². The van der Waals surface area contributed by atoms with Gasteiger partial charge in [0.2, 0.25) is 0 Å². The average molecular weight is 645 g/mol. The molecule has 3 aromatic carbocycles. The molecule has 0 radical (unpaired) electrons. The van der Waals surface area contributed by atoms with E-state index in [4.69, 9.17) is 9.84 Å². The molecule has 2 heterocycles. The predicted octanol–water partition coefficient (Wildman–Crippen LogP) is 7.50. The van der Waals surface area contributed by atoms with Gasteiger partial charge in [0.05, 0.1) is 5.69 Å². The van der Waals surface area contributed by atoms with Crippen molar-refractivity contribution >= 4 is 38.0 Å². The molecule has 6 rings (SSSR count). The van der Waals surface area contributed by atoms with Crippen molar-refractivity contribution in [3.05, 3.63) is 94.6 Å². The number of benzene rings is 3. The molecular formula is C31H24F4N2O5S2. The highest BCUT2D eigenvalue weighted by atomic mass is 32.2. The molecule has 0 bridgehead atoms. The molecule has 0 spiro atoms. The number of thiazole rings is 1. The number of sulfone groups is 1. The van der Waals surface area contributed by atoms with Crippen LogP contribution in [0.2, 0.25) is 0 Å². The van der Waals surface area contributed by atoms with Gasteiger partial charge in [-0.25, -0.2) is 31.0 Å². The minimum Gasteiger partial charge on any atom is -0.481 e. The van der Waals surface area contributed by atoms with E-state index in [1.807, 2.05) is 0 Å². The van der Waals surface area contributed by atoms with Crippen LogP contribution < -0.4 is 4.74 Å². The van der Waals surface area contributed by atoms with Gasteiger partial charge in [0.1, 0.15) is 21.5 Å². The Morgan fingerprint density at radius 2 is 1.86 bits per heavy atom. The fourth-order valence-corrected chi connectivity index (χ4v) is 7.68. The van der Waals surface area contributed by atoms with Gasteiger partial charge in [-0.05, 0) is 41.8 Å². The summed E-state index contributed by atoms with van der Waals surface area (Å²) in [6, 6.07) is 12.9. The summed E-state index contributed by atoms with van der Waals surface area (Å²) >= 11 is 1.03. The van der Waals surface area contributed by atoms with Gasteiger partial charge in [0.25, 0.3) is 5.92 Å². The number of aliphatic carboxylic acids is 1. The second-order valence-corrected chi connectivity index (χ2v) is 13.7. The lowest BCUT2D eigenvalue weighted by Gasteiger charge is -2.47. The van der Waals surface area contributed by atoms with Gasteiger partial charge in [-0.1, -0.05) is 24.3 Å². The molecule has 1 fully saturated rings. The van der Waals surface area contributed by atoms with E-state index < -0.39 is 57.4 Å². The summed E-state index contributed by atoms with van der Waals surface area (Å²) in [5.74, 6) is -6.17. The van der Waals surface area contributed by atoms with Gasteiger partial charge in [0.15, 0.2) is 21.4 Å². The Morgan fingerprint density at radius 3 is 2.57 bits per heavy atom. The lowest BCUT2D eigenvalue weighted by molar-refractivity contribution is -0.136. The first-order valence-electron chi connectivity index (χ1n) is 13.4. The van der Waals surface area contributed by atoms with Crippen LogP contribution in [0.3, 0.4) is 0 Å². The number of hydrogen-bond acceptors (Lipinski definition) is 6. The molecule has 13 heteroatoms. The van der Waals surface area contributed by atoms with E-state index in [1.54, 1.807) is 29.6 Å². The molecule has 0 amide bonds. The molecule has 7 nitrogen and oxygen atoms in total.